The summed E-state index contributed by atoms with van der Waals surface area (Å²) in [7, 11) is 0. The summed E-state index contributed by atoms with van der Waals surface area (Å²) in [6.07, 6.45) is 0. The maximum Gasteiger partial charge on any atom is 0.0679 e. The van der Waals surface area contributed by atoms with Crippen LogP contribution in [0.3, 0.4) is 0 Å². The van der Waals surface area contributed by atoms with Gasteiger partial charge in [0.25, 0.3) is 0 Å². The fourth-order valence-corrected chi connectivity index (χ4v) is 3.31. The molecule has 1 atom stereocenters. The van der Waals surface area contributed by atoms with Gasteiger partial charge < -0.3 is 10.6 Å². The predicted molar refractivity (Wildman–Crippen MR) is 95.1 cm³/mol. The Bertz CT molecular complexity index is 598. The Kier molecular flexibility index (Phi) is 5.68. The lowest BCUT2D eigenvalue weighted by Gasteiger charge is -2.33. The molecule has 1 unspecified atom stereocenters. The first kappa shape index (κ1) is 16.3. The molecule has 4 heteroatoms. The quantitative estimate of drug-likeness (QED) is 0.811. The molecule has 0 fully saturated rings. The molecule has 112 valence electrons. The Labute approximate surface area is 140 Å². The first-order valence-corrected chi connectivity index (χ1v) is 8.22. The third kappa shape index (κ3) is 3.79. The molecule has 0 saturated heterocycles. The van der Waals surface area contributed by atoms with Crippen molar-refractivity contribution in [2.24, 2.45) is 5.73 Å². The van der Waals surface area contributed by atoms with Crippen molar-refractivity contribution in [3.05, 3.63) is 63.1 Å². The minimum absolute atomic E-state index is 0.0679. The lowest BCUT2D eigenvalue weighted by atomic mass is 10.0. The van der Waals surface area contributed by atoms with Gasteiger partial charge in [-0.2, -0.15) is 0 Å². The first-order chi connectivity index (χ1) is 10.1. The van der Waals surface area contributed by atoms with Gasteiger partial charge in [0.1, 0.15) is 0 Å². The van der Waals surface area contributed by atoms with E-state index in [1.165, 1.54) is 5.56 Å². The van der Waals surface area contributed by atoms with Crippen LogP contribution in [0.5, 0.6) is 0 Å². The fourth-order valence-electron chi connectivity index (χ4n) is 2.51. The SMILES string of the molecule is CCN(c1ccc(C)cc1)C(CN)c1ccc(Br)cc1Cl. The van der Waals surface area contributed by atoms with E-state index in [4.69, 9.17) is 17.3 Å². The summed E-state index contributed by atoms with van der Waals surface area (Å²) in [6, 6.07) is 14.5. The molecular formula is C17H20BrClN2. The molecule has 2 N–H and O–H groups in total. The number of rotatable bonds is 5. The molecule has 0 radical (unpaired) electrons. The number of hydrogen-bond acceptors (Lipinski definition) is 2. The monoisotopic (exact) mass is 366 g/mol. The van der Waals surface area contributed by atoms with Crippen LogP contribution in [-0.2, 0) is 0 Å². The predicted octanol–water partition coefficient (Wildman–Crippen LogP) is 4.94. The van der Waals surface area contributed by atoms with Crippen LogP contribution in [0.4, 0.5) is 5.69 Å². The topological polar surface area (TPSA) is 29.3 Å². The van der Waals surface area contributed by atoms with Gasteiger partial charge in [-0.1, -0.05) is 51.3 Å². The Morgan fingerprint density at radius 2 is 1.86 bits per heavy atom. The van der Waals surface area contributed by atoms with E-state index in [9.17, 15) is 0 Å². The highest BCUT2D eigenvalue weighted by atomic mass is 79.9. The van der Waals surface area contributed by atoms with Crippen molar-refractivity contribution in [3.63, 3.8) is 0 Å². The molecule has 2 aromatic rings. The van der Waals surface area contributed by atoms with Crippen LogP contribution < -0.4 is 10.6 Å². The average molecular weight is 368 g/mol. The Hall–Kier alpha value is -1.03. The first-order valence-electron chi connectivity index (χ1n) is 7.05. The Morgan fingerprint density at radius 1 is 1.19 bits per heavy atom. The lowest BCUT2D eigenvalue weighted by molar-refractivity contribution is 0.643. The van der Waals surface area contributed by atoms with Crippen molar-refractivity contribution < 1.29 is 0 Å². The number of aryl methyl sites for hydroxylation is 1. The third-order valence-electron chi connectivity index (χ3n) is 3.63. The summed E-state index contributed by atoms with van der Waals surface area (Å²) >= 11 is 9.85. The van der Waals surface area contributed by atoms with Gasteiger partial charge in [0, 0.05) is 28.3 Å². The van der Waals surface area contributed by atoms with Crippen LogP contribution in [0.15, 0.2) is 46.9 Å². The molecule has 0 heterocycles. The number of halogens is 2. The zero-order chi connectivity index (χ0) is 15.4. The maximum atomic E-state index is 6.40. The summed E-state index contributed by atoms with van der Waals surface area (Å²) in [5, 5.41) is 0.741. The standard InChI is InChI=1S/C17H20BrClN2/c1-3-21(14-7-4-12(2)5-8-14)17(11-20)15-9-6-13(18)10-16(15)19/h4-10,17H,3,11,20H2,1-2H3. The van der Waals surface area contributed by atoms with E-state index < -0.39 is 0 Å². The van der Waals surface area contributed by atoms with E-state index in [1.807, 2.05) is 18.2 Å². The summed E-state index contributed by atoms with van der Waals surface area (Å²) < 4.78 is 0.977. The fraction of sp³-hybridized carbons (Fsp3) is 0.294. The molecular weight excluding hydrogens is 348 g/mol. The van der Waals surface area contributed by atoms with Crippen molar-refractivity contribution in [2.75, 3.05) is 18.0 Å². The minimum Gasteiger partial charge on any atom is -0.363 e. The highest BCUT2D eigenvalue weighted by molar-refractivity contribution is 9.10. The van der Waals surface area contributed by atoms with E-state index in [0.717, 1.165) is 27.3 Å². The molecule has 2 nitrogen and oxygen atoms in total. The number of benzene rings is 2. The molecule has 0 amide bonds. The summed E-state index contributed by atoms with van der Waals surface area (Å²) in [4.78, 5) is 2.29. The molecule has 21 heavy (non-hydrogen) atoms. The molecule has 0 spiro atoms. The van der Waals surface area contributed by atoms with Crippen LogP contribution in [0.25, 0.3) is 0 Å². The number of nitrogens with zero attached hydrogens (tertiary/aromatic N) is 1. The van der Waals surface area contributed by atoms with Gasteiger partial charge >= 0.3 is 0 Å². The van der Waals surface area contributed by atoms with Gasteiger partial charge in [-0.05, 0) is 43.7 Å². The summed E-state index contributed by atoms with van der Waals surface area (Å²) in [5.41, 5.74) is 9.52. The second-order valence-electron chi connectivity index (χ2n) is 5.04. The van der Waals surface area contributed by atoms with Crippen molar-refractivity contribution in [1.29, 1.82) is 0 Å². The van der Waals surface area contributed by atoms with Crippen LogP contribution in [-0.4, -0.2) is 13.1 Å². The zero-order valence-corrected chi connectivity index (χ0v) is 14.7. The van der Waals surface area contributed by atoms with Gasteiger partial charge in [-0.15, -0.1) is 0 Å². The summed E-state index contributed by atoms with van der Waals surface area (Å²) in [6.45, 7) is 5.61. The van der Waals surface area contributed by atoms with E-state index in [0.29, 0.717) is 6.54 Å². The van der Waals surface area contributed by atoms with Crippen molar-refractivity contribution >= 4 is 33.2 Å². The van der Waals surface area contributed by atoms with E-state index in [-0.39, 0.29) is 6.04 Å². The number of nitrogens with two attached hydrogens (primary N) is 1. The second-order valence-corrected chi connectivity index (χ2v) is 6.36. The molecule has 0 aliphatic rings. The zero-order valence-electron chi connectivity index (χ0n) is 12.3. The van der Waals surface area contributed by atoms with Gasteiger partial charge in [-0.3, -0.25) is 0 Å². The van der Waals surface area contributed by atoms with E-state index in [1.54, 1.807) is 0 Å². The van der Waals surface area contributed by atoms with Crippen LogP contribution >= 0.6 is 27.5 Å². The molecule has 0 aliphatic heterocycles. The molecule has 0 saturated carbocycles. The van der Waals surface area contributed by atoms with Crippen LogP contribution in [0.1, 0.15) is 24.1 Å². The third-order valence-corrected chi connectivity index (χ3v) is 4.45. The highest BCUT2D eigenvalue weighted by Gasteiger charge is 2.20. The van der Waals surface area contributed by atoms with Gasteiger partial charge in [0.2, 0.25) is 0 Å². The van der Waals surface area contributed by atoms with Crippen LogP contribution in [0.2, 0.25) is 5.02 Å². The van der Waals surface area contributed by atoms with Gasteiger partial charge in [-0.25, -0.2) is 0 Å². The number of likely N-dealkylation sites (N-methyl/N-ethyl adjacent to an activating group) is 1. The van der Waals surface area contributed by atoms with Gasteiger partial charge in [0.05, 0.1) is 6.04 Å². The van der Waals surface area contributed by atoms with Crippen molar-refractivity contribution in [1.82, 2.24) is 0 Å². The maximum absolute atomic E-state index is 6.40. The lowest BCUT2D eigenvalue weighted by Crippen LogP contribution is -2.33. The number of hydrogen-bond donors (Lipinski definition) is 1. The average Bonchev–Trinajstić information content (AvgIpc) is 2.47. The second kappa shape index (κ2) is 7.30. The highest BCUT2D eigenvalue weighted by Crippen LogP contribution is 2.32. The van der Waals surface area contributed by atoms with Crippen molar-refractivity contribution in [3.8, 4) is 0 Å². The smallest absolute Gasteiger partial charge is 0.0679 e. The molecule has 2 aromatic carbocycles. The molecule has 2 rings (SSSR count). The van der Waals surface area contributed by atoms with Crippen molar-refractivity contribution in [2.45, 2.75) is 19.9 Å². The normalized spacial score (nSPS) is 12.2. The number of anilines is 1. The van der Waals surface area contributed by atoms with Gasteiger partial charge in [0.15, 0.2) is 0 Å². The van der Waals surface area contributed by atoms with Crippen LogP contribution in [0, 0.1) is 6.92 Å². The molecule has 0 aliphatic carbocycles. The Morgan fingerprint density at radius 3 is 2.38 bits per heavy atom. The Balaban J connectivity index is 2.39. The molecule has 0 bridgehead atoms. The molecule has 0 aromatic heterocycles. The minimum atomic E-state index is 0.0679. The largest absolute Gasteiger partial charge is 0.363 e. The van der Waals surface area contributed by atoms with E-state index in [2.05, 4.69) is 58.9 Å². The summed E-state index contributed by atoms with van der Waals surface area (Å²) in [5.74, 6) is 0. The van der Waals surface area contributed by atoms with E-state index >= 15 is 0 Å².